The van der Waals surface area contributed by atoms with Crippen molar-refractivity contribution < 1.29 is 19.1 Å². The third-order valence-electron chi connectivity index (χ3n) is 7.74. The molecule has 4 rings (SSSR count). The molecule has 0 radical (unpaired) electrons. The van der Waals surface area contributed by atoms with Gasteiger partial charge in [-0.2, -0.15) is 0 Å². The van der Waals surface area contributed by atoms with Crippen LogP contribution in [0, 0.1) is 5.82 Å². The van der Waals surface area contributed by atoms with E-state index in [0.29, 0.717) is 13.1 Å². The number of carbonyl (C=O) groups is 2. The first-order valence-electron chi connectivity index (χ1n) is 13.1. The molecule has 1 unspecified atom stereocenters. The van der Waals surface area contributed by atoms with Gasteiger partial charge in [0.15, 0.2) is 0 Å². The van der Waals surface area contributed by atoms with E-state index < -0.39 is 6.04 Å². The lowest BCUT2D eigenvalue weighted by Crippen LogP contribution is -2.55. The predicted octanol–water partition coefficient (Wildman–Crippen LogP) is 1.95. The number of halogens is 1. The Bertz CT molecular complexity index is 1090. The maximum Gasteiger partial charge on any atom is 0.241 e. The van der Waals surface area contributed by atoms with E-state index in [-0.39, 0.29) is 30.3 Å². The molecule has 0 aromatic heterocycles. The average Bonchev–Trinajstić information content (AvgIpc) is 2.88. The molecule has 2 amide bonds. The summed E-state index contributed by atoms with van der Waals surface area (Å²) >= 11 is 0. The monoisotopic (exact) mass is 510 g/mol. The molecule has 1 N–H and O–H groups in total. The van der Waals surface area contributed by atoms with E-state index in [1.54, 1.807) is 14.1 Å². The van der Waals surface area contributed by atoms with Crippen LogP contribution in [0.25, 0.3) is 0 Å². The second kappa shape index (κ2) is 12.2. The highest BCUT2D eigenvalue weighted by molar-refractivity contribution is 5.81. The van der Waals surface area contributed by atoms with Crippen molar-refractivity contribution in [2.24, 2.45) is 0 Å². The van der Waals surface area contributed by atoms with Gasteiger partial charge < -0.3 is 14.9 Å². The minimum absolute atomic E-state index is 0.106. The molecule has 0 bridgehead atoms. The number of likely N-dealkylation sites (N-methyl/N-ethyl adjacent to an activating group) is 2. The Morgan fingerprint density at radius 1 is 1.08 bits per heavy atom. The van der Waals surface area contributed by atoms with Crippen LogP contribution in [-0.4, -0.2) is 103 Å². The number of hydrogen-bond donors (Lipinski definition) is 1. The summed E-state index contributed by atoms with van der Waals surface area (Å²) in [6.45, 7) is 3.21. The number of nitrogens with zero attached hydrogens (tertiary/aromatic N) is 4. The molecule has 1 aliphatic heterocycles. The topological polar surface area (TPSA) is 67.3 Å². The van der Waals surface area contributed by atoms with Gasteiger partial charge in [0.1, 0.15) is 11.9 Å². The van der Waals surface area contributed by atoms with Crippen LogP contribution in [0.4, 0.5) is 4.39 Å². The highest BCUT2D eigenvalue weighted by atomic mass is 19.1. The molecule has 37 heavy (non-hydrogen) atoms. The summed E-state index contributed by atoms with van der Waals surface area (Å²) in [5.41, 5.74) is 4.81. The van der Waals surface area contributed by atoms with E-state index in [0.717, 1.165) is 56.4 Å². The summed E-state index contributed by atoms with van der Waals surface area (Å²) in [6.07, 6.45) is 3.55. The van der Waals surface area contributed by atoms with Crippen LogP contribution in [0.1, 0.15) is 28.7 Å². The van der Waals surface area contributed by atoms with Crippen molar-refractivity contribution in [3.63, 3.8) is 0 Å². The molecule has 0 saturated carbocycles. The van der Waals surface area contributed by atoms with Gasteiger partial charge in [-0.1, -0.05) is 30.3 Å². The molecule has 2 atom stereocenters. The van der Waals surface area contributed by atoms with E-state index in [2.05, 4.69) is 28.0 Å². The van der Waals surface area contributed by atoms with Gasteiger partial charge >= 0.3 is 0 Å². The van der Waals surface area contributed by atoms with E-state index in [1.807, 2.05) is 24.1 Å². The summed E-state index contributed by atoms with van der Waals surface area (Å²) in [5, 5.41) is 9.73. The summed E-state index contributed by atoms with van der Waals surface area (Å²) in [6, 6.07) is 12.7. The Labute approximate surface area is 219 Å². The molecular formula is C29H39FN4O3. The molecule has 2 aliphatic rings. The molecule has 2 aromatic carbocycles. The van der Waals surface area contributed by atoms with Crippen molar-refractivity contribution in [3.8, 4) is 0 Å². The lowest BCUT2D eigenvalue weighted by molar-refractivity contribution is -0.139. The maximum absolute atomic E-state index is 13.1. The first-order chi connectivity index (χ1) is 17.7. The molecule has 1 fully saturated rings. The standard InChI is InChI=1S/C29H39FN4O3/c1-31(2)29(37)27(20-35)32(3)18-22-4-7-24-17-26(11-8-23(24)16-22)34-15-14-33(19-28(34)36)13-12-21-5-9-25(30)10-6-21/h4-7,9-10,16,26-27,35H,8,11-15,17-20H2,1-3H3/t26-,27?/m0/s1. The molecule has 7 nitrogen and oxygen atoms in total. The number of fused-ring (bicyclic) bond motifs is 1. The van der Waals surface area contributed by atoms with Gasteiger partial charge in [-0.3, -0.25) is 19.4 Å². The largest absolute Gasteiger partial charge is 0.394 e. The Balaban J connectivity index is 1.30. The minimum atomic E-state index is -0.559. The highest BCUT2D eigenvalue weighted by Crippen LogP contribution is 2.27. The zero-order valence-corrected chi connectivity index (χ0v) is 22.2. The average molecular weight is 511 g/mol. The van der Waals surface area contributed by atoms with E-state index in [9.17, 15) is 19.1 Å². The minimum Gasteiger partial charge on any atom is -0.394 e. The quantitative estimate of drug-likeness (QED) is 0.559. The summed E-state index contributed by atoms with van der Waals surface area (Å²) in [7, 11) is 5.27. The second-order valence-corrected chi connectivity index (χ2v) is 10.6. The third-order valence-corrected chi connectivity index (χ3v) is 7.74. The van der Waals surface area contributed by atoms with Gasteiger partial charge in [0.2, 0.25) is 11.8 Å². The second-order valence-electron chi connectivity index (χ2n) is 10.6. The number of hydrogen-bond acceptors (Lipinski definition) is 5. The Morgan fingerprint density at radius 2 is 1.81 bits per heavy atom. The molecule has 8 heteroatoms. The SMILES string of the molecule is CN(C)C(=O)C(CO)N(C)Cc1ccc2c(c1)CC[C@H](N1CCN(CCc3ccc(F)cc3)CC1=O)C2. The number of aliphatic hydroxyl groups is 1. The molecule has 0 spiro atoms. The zero-order chi connectivity index (χ0) is 26.5. The number of piperazine rings is 1. The van der Waals surface area contributed by atoms with Gasteiger partial charge in [0.25, 0.3) is 0 Å². The molecule has 1 saturated heterocycles. The number of aryl methyl sites for hydroxylation is 1. The van der Waals surface area contributed by atoms with Crippen molar-refractivity contribution in [2.45, 2.75) is 44.3 Å². The van der Waals surface area contributed by atoms with E-state index in [1.165, 1.54) is 28.2 Å². The van der Waals surface area contributed by atoms with Crippen molar-refractivity contribution in [1.29, 1.82) is 0 Å². The normalized spacial score (nSPS) is 19.1. The molecule has 1 aliphatic carbocycles. The van der Waals surface area contributed by atoms with Gasteiger partial charge in [0.05, 0.1) is 13.2 Å². The van der Waals surface area contributed by atoms with Crippen LogP contribution >= 0.6 is 0 Å². The van der Waals surface area contributed by atoms with Crippen LogP contribution in [0.5, 0.6) is 0 Å². The first-order valence-corrected chi connectivity index (χ1v) is 13.1. The van der Waals surface area contributed by atoms with Crippen LogP contribution in [-0.2, 0) is 35.4 Å². The van der Waals surface area contributed by atoms with Crippen molar-refractivity contribution in [2.75, 3.05) is 53.9 Å². The van der Waals surface area contributed by atoms with E-state index >= 15 is 0 Å². The zero-order valence-electron chi connectivity index (χ0n) is 22.2. The van der Waals surface area contributed by atoms with Gasteiger partial charge in [0, 0.05) is 46.3 Å². The van der Waals surface area contributed by atoms with Crippen molar-refractivity contribution in [1.82, 2.24) is 19.6 Å². The van der Waals surface area contributed by atoms with Crippen LogP contribution in [0.15, 0.2) is 42.5 Å². The number of amides is 2. The fourth-order valence-corrected chi connectivity index (χ4v) is 5.51. The summed E-state index contributed by atoms with van der Waals surface area (Å²) < 4.78 is 13.1. The number of rotatable bonds is 9. The van der Waals surface area contributed by atoms with Crippen LogP contribution in [0.3, 0.4) is 0 Å². The number of benzene rings is 2. The fraction of sp³-hybridized carbons (Fsp3) is 0.517. The first kappa shape index (κ1) is 27.2. The van der Waals surface area contributed by atoms with Crippen LogP contribution < -0.4 is 0 Å². The lowest BCUT2D eigenvalue weighted by Gasteiger charge is -2.41. The number of carbonyl (C=O) groups excluding carboxylic acids is 2. The molecule has 1 heterocycles. The van der Waals surface area contributed by atoms with Gasteiger partial charge in [-0.25, -0.2) is 4.39 Å². The molecule has 2 aromatic rings. The molecule has 200 valence electrons. The van der Waals surface area contributed by atoms with Crippen molar-refractivity contribution >= 4 is 11.8 Å². The predicted molar refractivity (Wildman–Crippen MR) is 142 cm³/mol. The Kier molecular flexibility index (Phi) is 8.95. The third kappa shape index (κ3) is 6.74. The molecular weight excluding hydrogens is 471 g/mol. The Morgan fingerprint density at radius 3 is 2.49 bits per heavy atom. The van der Waals surface area contributed by atoms with Crippen LogP contribution in [0.2, 0.25) is 0 Å². The van der Waals surface area contributed by atoms with Gasteiger partial charge in [-0.15, -0.1) is 0 Å². The smallest absolute Gasteiger partial charge is 0.241 e. The fourth-order valence-electron chi connectivity index (χ4n) is 5.51. The van der Waals surface area contributed by atoms with Crippen molar-refractivity contribution in [3.05, 3.63) is 70.5 Å². The summed E-state index contributed by atoms with van der Waals surface area (Å²) in [4.78, 5) is 33.0. The Hall–Kier alpha value is -2.81. The highest BCUT2D eigenvalue weighted by Gasteiger charge is 2.32. The maximum atomic E-state index is 13.1. The summed E-state index contributed by atoms with van der Waals surface area (Å²) in [5.74, 6) is -0.138. The van der Waals surface area contributed by atoms with Gasteiger partial charge in [-0.05, 0) is 67.1 Å². The lowest BCUT2D eigenvalue weighted by atomic mass is 9.86. The number of aliphatic hydroxyl groups excluding tert-OH is 1. The van der Waals surface area contributed by atoms with E-state index in [4.69, 9.17) is 0 Å².